The second kappa shape index (κ2) is 5.60. The van der Waals surface area contributed by atoms with Crippen LogP contribution in [0, 0.1) is 11.6 Å². The molecule has 0 aliphatic heterocycles. The summed E-state index contributed by atoms with van der Waals surface area (Å²) in [6, 6.07) is 11.3. The average Bonchev–Trinajstić information content (AvgIpc) is 2.91. The van der Waals surface area contributed by atoms with Gasteiger partial charge in [-0.2, -0.15) is 0 Å². The number of nitrogens with one attached hydrogen (secondary N) is 1. The van der Waals surface area contributed by atoms with Crippen LogP contribution in [-0.4, -0.2) is 10.5 Å². The fourth-order valence-electron chi connectivity index (χ4n) is 2.38. The van der Waals surface area contributed by atoms with Crippen LogP contribution in [0.25, 0.3) is 10.9 Å². The zero-order valence-corrected chi connectivity index (χ0v) is 11.9. The highest BCUT2D eigenvalue weighted by Crippen LogP contribution is 2.22. The number of hydrogen-bond acceptors (Lipinski definition) is 1. The van der Waals surface area contributed by atoms with E-state index in [1.807, 2.05) is 0 Å². The van der Waals surface area contributed by atoms with E-state index >= 15 is 0 Å². The standard InChI is InChI=1S/C17H14F2N2O/c1-11(17(22)20-15-5-2-13(18)3-6-15)21-9-8-12-10-14(19)4-7-16(12)21/h2-11H,1H3,(H,20,22). The van der Waals surface area contributed by atoms with Crippen LogP contribution in [-0.2, 0) is 4.79 Å². The fraction of sp³-hybridized carbons (Fsp3) is 0.118. The predicted octanol–water partition coefficient (Wildman–Crippen LogP) is 4.12. The molecule has 0 saturated heterocycles. The molecule has 3 nitrogen and oxygen atoms in total. The van der Waals surface area contributed by atoms with Crippen molar-refractivity contribution < 1.29 is 13.6 Å². The quantitative estimate of drug-likeness (QED) is 0.775. The first kappa shape index (κ1) is 14.3. The molecule has 1 atom stereocenters. The lowest BCUT2D eigenvalue weighted by atomic mass is 10.2. The van der Waals surface area contributed by atoms with E-state index in [0.717, 1.165) is 10.9 Å². The van der Waals surface area contributed by atoms with Crippen LogP contribution in [0.15, 0.2) is 54.7 Å². The van der Waals surface area contributed by atoms with E-state index in [9.17, 15) is 13.6 Å². The van der Waals surface area contributed by atoms with Crippen molar-refractivity contribution in [1.29, 1.82) is 0 Å². The largest absolute Gasteiger partial charge is 0.335 e. The lowest BCUT2D eigenvalue weighted by molar-refractivity contribution is -0.118. The number of anilines is 1. The van der Waals surface area contributed by atoms with Gasteiger partial charge >= 0.3 is 0 Å². The number of carbonyl (C=O) groups is 1. The van der Waals surface area contributed by atoms with E-state index in [1.165, 1.54) is 36.4 Å². The van der Waals surface area contributed by atoms with Crippen molar-refractivity contribution in [3.63, 3.8) is 0 Å². The van der Waals surface area contributed by atoms with E-state index < -0.39 is 6.04 Å². The lowest BCUT2D eigenvalue weighted by Crippen LogP contribution is -2.23. The van der Waals surface area contributed by atoms with Gasteiger partial charge in [-0.15, -0.1) is 0 Å². The molecule has 112 valence electrons. The molecule has 0 bridgehead atoms. The maximum atomic E-state index is 13.2. The van der Waals surface area contributed by atoms with Gasteiger partial charge in [-0.3, -0.25) is 4.79 Å². The van der Waals surface area contributed by atoms with Crippen molar-refractivity contribution in [2.45, 2.75) is 13.0 Å². The van der Waals surface area contributed by atoms with Crippen LogP contribution in [0.4, 0.5) is 14.5 Å². The maximum Gasteiger partial charge on any atom is 0.247 e. The molecule has 0 spiro atoms. The molecule has 3 aromatic rings. The minimum absolute atomic E-state index is 0.228. The Labute approximate surface area is 126 Å². The minimum Gasteiger partial charge on any atom is -0.335 e. The Bertz CT molecular complexity index is 824. The van der Waals surface area contributed by atoms with Gasteiger partial charge in [0.05, 0.1) is 0 Å². The fourth-order valence-corrected chi connectivity index (χ4v) is 2.38. The molecular weight excluding hydrogens is 286 g/mol. The molecule has 0 saturated carbocycles. The average molecular weight is 300 g/mol. The van der Waals surface area contributed by atoms with Crippen molar-refractivity contribution in [3.05, 3.63) is 66.4 Å². The Hall–Kier alpha value is -2.69. The predicted molar refractivity (Wildman–Crippen MR) is 81.6 cm³/mol. The molecule has 1 amide bonds. The van der Waals surface area contributed by atoms with E-state index in [-0.39, 0.29) is 17.5 Å². The van der Waals surface area contributed by atoms with E-state index in [2.05, 4.69) is 5.32 Å². The molecule has 1 aromatic heterocycles. The summed E-state index contributed by atoms with van der Waals surface area (Å²) in [6.45, 7) is 1.75. The molecule has 0 aliphatic carbocycles. The molecule has 0 fully saturated rings. The number of aromatic nitrogens is 1. The van der Waals surface area contributed by atoms with Gasteiger partial charge in [0.1, 0.15) is 17.7 Å². The molecule has 3 rings (SSSR count). The summed E-state index contributed by atoms with van der Waals surface area (Å²) in [6.07, 6.45) is 1.75. The van der Waals surface area contributed by atoms with Gasteiger partial charge in [0.25, 0.3) is 0 Å². The van der Waals surface area contributed by atoms with Crippen LogP contribution in [0.1, 0.15) is 13.0 Å². The summed E-state index contributed by atoms with van der Waals surface area (Å²) in [7, 11) is 0. The minimum atomic E-state index is -0.479. The molecule has 0 radical (unpaired) electrons. The summed E-state index contributed by atoms with van der Waals surface area (Å²) >= 11 is 0. The van der Waals surface area contributed by atoms with Gasteiger partial charge in [0.2, 0.25) is 5.91 Å². The van der Waals surface area contributed by atoms with E-state index in [4.69, 9.17) is 0 Å². The van der Waals surface area contributed by atoms with Gasteiger partial charge in [0.15, 0.2) is 0 Å². The molecule has 1 unspecified atom stereocenters. The normalized spacial score (nSPS) is 12.3. The number of amides is 1. The molecule has 2 aromatic carbocycles. The topological polar surface area (TPSA) is 34.0 Å². The molecule has 22 heavy (non-hydrogen) atoms. The maximum absolute atomic E-state index is 13.2. The van der Waals surface area contributed by atoms with Crippen molar-refractivity contribution in [3.8, 4) is 0 Å². The first-order chi connectivity index (χ1) is 10.5. The zero-order valence-electron chi connectivity index (χ0n) is 11.9. The summed E-state index contributed by atoms with van der Waals surface area (Å²) in [4.78, 5) is 12.3. The first-order valence-electron chi connectivity index (χ1n) is 6.87. The van der Waals surface area contributed by atoms with Crippen molar-refractivity contribution in [1.82, 2.24) is 4.57 Å². The Morgan fingerprint density at radius 2 is 1.73 bits per heavy atom. The third-order valence-corrected chi connectivity index (χ3v) is 3.59. The summed E-state index contributed by atoms with van der Waals surface area (Å²) in [5.41, 5.74) is 1.31. The molecule has 1 heterocycles. The van der Waals surface area contributed by atoms with Crippen LogP contribution < -0.4 is 5.32 Å². The SMILES string of the molecule is CC(C(=O)Nc1ccc(F)cc1)n1ccc2cc(F)ccc21. The monoisotopic (exact) mass is 300 g/mol. The van der Waals surface area contributed by atoms with Gasteiger partial charge in [-0.1, -0.05) is 0 Å². The van der Waals surface area contributed by atoms with Crippen LogP contribution in [0.2, 0.25) is 0 Å². The number of fused-ring (bicyclic) bond motifs is 1. The van der Waals surface area contributed by atoms with Crippen molar-refractivity contribution in [2.24, 2.45) is 0 Å². The number of rotatable bonds is 3. The second-order valence-corrected chi connectivity index (χ2v) is 5.10. The highest BCUT2D eigenvalue weighted by Gasteiger charge is 2.16. The number of hydrogen-bond donors (Lipinski definition) is 1. The van der Waals surface area contributed by atoms with Gasteiger partial charge in [-0.05, 0) is 55.5 Å². The number of halogens is 2. The number of benzene rings is 2. The van der Waals surface area contributed by atoms with E-state index in [0.29, 0.717) is 5.69 Å². The third-order valence-electron chi connectivity index (χ3n) is 3.59. The first-order valence-corrected chi connectivity index (χ1v) is 6.87. The molecule has 1 N–H and O–H groups in total. The van der Waals surface area contributed by atoms with Gasteiger partial charge in [-0.25, -0.2) is 8.78 Å². The van der Waals surface area contributed by atoms with Gasteiger partial charge in [0, 0.05) is 22.8 Å². The Morgan fingerprint density at radius 1 is 1.05 bits per heavy atom. The van der Waals surface area contributed by atoms with Crippen LogP contribution >= 0.6 is 0 Å². The van der Waals surface area contributed by atoms with E-state index in [1.54, 1.807) is 29.8 Å². The van der Waals surface area contributed by atoms with Crippen LogP contribution in [0.3, 0.4) is 0 Å². The highest BCUT2D eigenvalue weighted by atomic mass is 19.1. The van der Waals surface area contributed by atoms with Crippen molar-refractivity contribution in [2.75, 3.05) is 5.32 Å². The zero-order chi connectivity index (χ0) is 15.7. The number of carbonyl (C=O) groups excluding carboxylic acids is 1. The second-order valence-electron chi connectivity index (χ2n) is 5.10. The van der Waals surface area contributed by atoms with Crippen LogP contribution in [0.5, 0.6) is 0 Å². The molecule has 0 aliphatic rings. The summed E-state index contributed by atoms with van der Waals surface area (Å²) in [5, 5.41) is 3.47. The Kier molecular flexibility index (Phi) is 3.63. The summed E-state index contributed by atoms with van der Waals surface area (Å²) < 4.78 is 27.8. The Balaban J connectivity index is 1.84. The third kappa shape index (κ3) is 2.70. The molecule has 5 heteroatoms. The van der Waals surface area contributed by atoms with Gasteiger partial charge < -0.3 is 9.88 Å². The molecular formula is C17H14F2N2O. The Morgan fingerprint density at radius 3 is 2.45 bits per heavy atom. The smallest absolute Gasteiger partial charge is 0.247 e. The highest BCUT2D eigenvalue weighted by molar-refractivity contribution is 5.94. The summed E-state index contributed by atoms with van der Waals surface area (Å²) in [5.74, 6) is -0.897. The van der Waals surface area contributed by atoms with Crippen molar-refractivity contribution >= 4 is 22.5 Å². The lowest BCUT2D eigenvalue weighted by Gasteiger charge is -2.15. The number of nitrogens with zero attached hydrogens (tertiary/aromatic N) is 1.